The first-order valence-corrected chi connectivity index (χ1v) is 13.9. The summed E-state index contributed by atoms with van der Waals surface area (Å²) in [4.78, 5) is 0. The molecular weight excluding hydrogens is 380 g/mol. The molecule has 0 aromatic heterocycles. The molecule has 1 atom stereocenters. The van der Waals surface area contributed by atoms with Crippen LogP contribution in [0.3, 0.4) is 0 Å². The zero-order valence-corrected chi connectivity index (χ0v) is 19.1. The molecule has 1 N–H and O–H groups in total. The Morgan fingerprint density at radius 2 is 1.50 bits per heavy atom. The van der Waals surface area contributed by atoms with Crippen molar-refractivity contribution < 1.29 is 0 Å². The first-order chi connectivity index (χ1) is 14.4. The highest BCUT2D eigenvalue weighted by atomic mass is 28.3. The molecule has 0 amide bonds. The molecule has 3 heteroatoms. The second-order valence-electron chi connectivity index (χ2n) is 8.83. The summed E-state index contributed by atoms with van der Waals surface area (Å²) in [7, 11) is -1.37. The molecule has 0 bridgehead atoms. The van der Waals surface area contributed by atoms with Crippen molar-refractivity contribution in [2.24, 2.45) is 0 Å². The maximum atomic E-state index is 3.63. The third-order valence-electron chi connectivity index (χ3n) is 5.07. The zero-order valence-electron chi connectivity index (χ0n) is 18.1. The Bertz CT molecular complexity index is 1100. The molecular formula is C27H28N2Si. The average molecular weight is 409 g/mol. The van der Waals surface area contributed by atoms with E-state index in [1.807, 2.05) is 0 Å². The normalized spacial score (nSPS) is 15.8. The average Bonchev–Trinajstić information content (AvgIpc) is 3.19. The lowest BCUT2D eigenvalue weighted by molar-refractivity contribution is 0.724. The van der Waals surface area contributed by atoms with Gasteiger partial charge in [0.25, 0.3) is 0 Å². The van der Waals surface area contributed by atoms with Gasteiger partial charge in [-0.25, -0.2) is 0 Å². The van der Waals surface area contributed by atoms with Crippen LogP contribution in [0.5, 0.6) is 0 Å². The van der Waals surface area contributed by atoms with Crippen molar-refractivity contribution in [2.75, 3.05) is 5.01 Å². The summed E-state index contributed by atoms with van der Waals surface area (Å²) in [5, 5.41) is 2.24. The standard InChI is InChI=1S/C27H28N2Si/c1-21-10-16-25(17-11-21)29-27(24-8-6-5-7-9-24)20-26(28-29)23-14-12-22(13-15-23)18-19-30(2,3)4/h5-17,20,27-28H,1-4H3. The first-order valence-electron chi connectivity index (χ1n) is 10.4. The first kappa shape index (κ1) is 20.1. The number of anilines is 1. The fourth-order valence-electron chi connectivity index (χ4n) is 3.45. The van der Waals surface area contributed by atoms with Crippen LogP contribution in [0.2, 0.25) is 19.6 Å². The molecule has 30 heavy (non-hydrogen) atoms. The monoisotopic (exact) mass is 408 g/mol. The van der Waals surface area contributed by atoms with Gasteiger partial charge in [-0.3, -0.25) is 10.4 Å². The molecule has 0 saturated heterocycles. The Kier molecular flexibility index (Phi) is 5.52. The summed E-state index contributed by atoms with van der Waals surface area (Å²) in [6, 6.07) is 28.0. The van der Waals surface area contributed by atoms with E-state index in [-0.39, 0.29) is 6.04 Å². The second-order valence-corrected chi connectivity index (χ2v) is 13.6. The lowest BCUT2D eigenvalue weighted by Gasteiger charge is -2.27. The molecule has 1 unspecified atom stereocenters. The van der Waals surface area contributed by atoms with Gasteiger partial charge in [0.2, 0.25) is 0 Å². The van der Waals surface area contributed by atoms with E-state index in [0.29, 0.717) is 0 Å². The maximum absolute atomic E-state index is 3.63. The van der Waals surface area contributed by atoms with E-state index in [2.05, 4.69) is 133 Å². The van der Waals surface area contributed by atoms with Gasteiger partial charge in [-0.2, -0.15) is 0 Å². The zero-order chi connectivity index (χ0) is 21.1. The number of hydrogen-bond donors (Lipinski definition) is 1. The Hall–Kier alpha value is -3.22. The molecule has 0 radical (unpaired) electrons. The molecule has 3 aromatic carbocycles. The summed E-state index contributed by atoms with van der Waals surface area (Å²) in [5.74, 6) is 3.34. The van der Waals surface area contributed by atoms with Gasteiger partial charge in [0.05, 0.1) is 17.4 Å². The quantitative estimate of drug-likeness (QED) is 0.402. The molecule has 0 saturated carbocycles. The topological polar surface area (TPSA) is 15.3 Å². The molecule has 0 fully saturated rings. The smallest absolute Gasteiger partial charge is 0.129 e. The van der Waals surface area contributed by atoms with E-state index in [1.54, 1.807) is 0 Å². The summed E-state index contributed by atoms with van der Waals surface area (Å²) >= 11 is 0. The molecule has 0 spiro atoms. The minimum absolute atomic E-state index is 0.135. The van der Waals surface area contributed by atoms with Gasteiger partial charge < -0.3 is 0 Å². The van der Waals surface area contributed by atoms with Crippen LogP contribution >= 0.6 is 0 Å². The van der Waals surface area contributed by atoms with Gasteiger partial charge >= 0.3 is 0 Å². The minimum atomic E-state index is -1.37. The molecule has 1 heterocycles. The van der Waals surface area contributed by atoms with E-state index < -0.39 is 8.07 Å². The lowest BCUT2D eigenvalue weighted by atomic mass is 10.0. The summed E-state index contributed by atoms with van der Waals surface area (Å²) in [6.45, 7) is 8.92. The molecule has 3 aromatic rings. The number of hydrogen-bond acceptors (Lipinski definition) is 2. The number of benzene rings is 3. The van der Waals surface area contributed by atoms with Crippen LogP contribution < -0.4 is 10.4 Å². The van der Waals surface area contributed by atoms with Crippen molar-refractivity contribution in [3.05, 3.63) is 107 Å². The van der Waals surface area contributed by atoms with Crippen LogP contribution in [0, 0.1) is 18.4 Å². The number of rotatable bonds is 3. The fourth-order valence-corrected chi connectivity index (χ4v) is 3.97. The van der Waals surface area contributed by atoms with Crippen LogP contribution in [-0.2, 0) is 0 Å². The van der Waals surface area contributed by atoms with E-state index in [0.717, 1.165) is 16.9 Å². The van der Waals surface area contributed by atoms with Crippen molar-refractivity contribution in [3.63, 3.8) is 0 Å². The van der Waals surface area contributed by atoms with Crippen LogP contribution in [0.1, 0.15) is 28.3 Å². The van der Waals surface area contributed by atoms with Gasteiger partial charge in [0.15, 0.2) is 0 Å². The van der Waals surface area contributed by atoms with E-state index in [4.69, 9.17) is 0 Å². The third kappa shape index (κ3) is 4.67. The van der Waals surface area contributed by atoms with Crippen molar-refractivity contribution in [3.8, 4) is 11.5 Å². The van der Waals surface area contributed by atoms with E-state index in [1.165, 1.54) is 16.7 Å². The SMILES string of the molecule is Cc1ccc(N2NC(c3ccc(C#C[Si](C)(C)C)cc3)=CC2c2ccccc2)cc1. The van der Waals surface area contributed by atoms with Crippen LogP contribution in [-0.4, -0.2) is 8.07 Å². The highest BCUT2D eigenvalue weighted by Gasteiger charge is 2.27. The Morgan fingerprint density at radius 3 is 2.13 bits per heavy atom. The molecule has 1 aliphatic rings. The highest BCUT2D eigenvalue weighted by Crippen LogP contribution is 2.35. The van der Waals surface area contributed by atoms with Gasteiger partial charge in [0.1, 0.15) is 8.07 Å². The Labute approximate surface area is 181 Å². The third-order valence-corrected chi connectivity index (χ3v) is 5.95. The number of nitrogens with one attached hydrogen (secondary N) is 1. The molecule has 150 valence electrons. The summed E-state index contributed by atoms with van der Waals surface area (Å²) in [6.07, 6.45) is 2.30. The predicted octanol–water partition coefficient (Wildman–Crippen LogP) is 6.33. The van der Waals surface area contributed by atoms with E-state index >= 15 is 0 Å². The number of hydrazine groups is 1. The summed E-state index contributed by atoms with van der Waals surface area (Å²) < 4.78 is 0. The number of aryl methyl sites for hydroxylation is 1. The minimum Gasteiger partial charge on any atom is -0.297 e. The lowest BCUT2D eigenvalue weighted by Crippen LogP contribution is -2.33. The van der Waals surface area contributed by atoms with Gasteiger partial charge in [-0.05, 0) is 48.4 Å². The molecule has 1 aliphatic heterocycles. The largest absolute Gasteiger partial charge is 0.297 e. The predicted molar refractivity (Wildman–Crippen MR) is 131 cm³/mol. The van der Waals surface area contributed by atoms with Gasteiger partial charge in [-0.15, -0.1) is 5.54 Å². The van der Waals surface area contributed by atoms with E-state index in [9.17, 15) is 0 Å². The number of nitrogens with zero attached hydrogens (tertiary/aromatic N) is 1. The Balaban J connectivity index is 1.65. The molecule has 4 rings (SSSR count). The maximum Gasteiger partial charge on any atom is 0.129 e. The van der Waals surface area contributed by atoms with Crippen molar-refractivity contribution in [1.82, 2.24) is 5.43 Å². The van der Waals surface area contributed by atoms with Crippen molar-refractivity contribution in [1.29, 1.82) is 0 Å². The second kappa shape index (κ2) is 8.26. The molecule has 2 nitrogen and oxygen atoms in total. The molecule has 0 aliphatic carbocycles. The van der Waals surface area contributed by atoms with Crippen molar-refractivity contribution >= 4 is 19.5 Å². The van der Waals surface area contributed by atoms with Crippen molar-refractivity contribution in [2.45, 2.75) is 32.6 Å². The van der Waals surface area contributed by atoms with Crippen LogP contribution in [0.25, 0.3) is 5.70 Å². The van der Waals surface area contributed by atoms with Gasteiger partial charge in [0, 0.05) is 5.56 Å². The Morgan fingerprint density at radius 1 is 0.833 bits per heavy atom. The van der Waals surface area contributed by atoms with Gasteiger partial charge in [-0.1, -0.05) is 85.7 Å². The highest BCUT2D eigenvalue weighted by molar-refractivity contribution is 6.83. The van der Waals surface area contributed by atoms with Crippen LogP contribution in [0.15, 0.2) is 84.9 Å². The fraction of sp³-hybridized carbons (Fsp3) is 0.185. The summed E-state index contributed by atoms with van der Waals surface area (Å²) in [5.41, 5.74) is 14.1. The van der Waals surface area contributed by atoms with Crippen LogP contribution in [0.4, 0.5) is 5.69 Å².